The molecule has 0 unspecified atom stereocenters. The number of halogens is 1. The highest BCUT2D eigenvalue weighted by Gasteiger charge is 2.18. The zero-order valence-electron chi connectivity index (χ0n) is 23.5. The van der Waals surface area contributed by atoms with Crippen LogP contribution in [-0.2, 0) is 5.75 Å². The predicted octanol–water partition coefficient (Wildman–Crippen LogP) is 6.08. The summed E-state index contributed by atoms with van der Waals surface area (Å²) in [4.78, 5) is 22.2. The summed E-state index contributed by atoms with van der Waals surface area (Å²) >= 11 is 4.73. The van der Waals surface area contributed by atoms with Crippen molar-refractivity contribution < 1.29 is 18.9 Å². The van der Waals surface area contributed by atoms with E-state index in [0.717, 1.165) is 15.6 Å². The third kappa shape index (κ3) is 6.34. The lowest BCUT2D eigenvalue weighted by molar-refractivity contribution is 0.311. The van der Waals surface area contributed by atoms with Crippen molar-refractivity contribution in [1.29, 1.82) is 0 Å². The zero-order valence-corrected chi connectivity index (χ0v) is 25.9. The second-order valence-corrected chi connectivity index (χ2v) is 10.7. The Morgan fingerprint density at radius 2 is 1.43 bits per heavy atom. The lowest BCUT2D eigenvalue weighted by Gasteiger charge is -2.14. The Labute approximate surface area is 255 Å². The van der Waals surface area contributed by atoms with E-state index in [1.165, 1.54) is 22.2 Å². The Morgan fingerprint density at radius 3 is 2.05 bits per heavy atom. The van der Waals surface area contributed by atoms with Crippen molar-refractivity contribution in [3.05, 3.63) is 81.3 Å². The molecule has 3 heterocycles. The van der Waals surface area contributed by atoms with Gasteiger partial charge in [-0.05, 0) is 78.3 Å². The van der Waals surface area contributed by atoms with Crippen molar-refractivity contribution in [2.24, 2.45) is 0 Å². The molecule has 5 aromatic rings. The number of benzene rings is 2. The molecule has 0 saturated heterocycles. The predicted molar refractivity (Wildman–Crippen MR) is 165 cm³/mol. The third-order valence-corrected chi connectivity index (χ3v) is 7.51. The molecule has 0 bridgehead atoms. The van der Waals surface area contributed by atoms with Gasteiger partial charge in [0, 0.05) is 33.6 Å². The fraction of sp³-hybridized carbons (Fsp3) is 0.233. The van der Waals surface area contributed by atoms with Crippen LogP contribution in [0.2, 0.25) is 0 Å². The van der Waals surface area contributed by atoms with Crippen LogP contribution in [0.5, 0.6) is 23.0 Å². The number of fused-ring (bicyclic) bond motifs is 1. The molecular formula is C30H28BrN5O5S. The number of ether oxygens (including phenoxy) is 4. The maximum absolute atomic E-state index is 12.7. The van der Waals surface area contributed by atoms with Crippen LogP contribution in [-0.4, -0.2) is 52.0 Å². The van der Waals surface area contributed by atoms with E-state index in [1.54, 1.807) is 26.5 Å². The molecule has 0 aliphatic heterocycles. The molecule has 2 aromatic carbocycles. The fourth-order valence-corrected chi connectivity index (χ4v) is 5.30. The van der Waals surface area contributed by atoms with Gasteiger partial charge >= 0.3 is 0 Å². The molecule has 0 amide bonds. The van der Waals surface area contributed by atoms with Gasteiger partial charge in [-0.1, -0.05) is 11.8 Å². The van der Waals surface area contributed by atoms with Crippen molar-refractivity contribution >= 4 is 33.3 Å². The quantitative estimate of drug-likeness (QED) is 0.156. The van der Waals surface area contributed by atoms with Gasteiger partial charge < -0.3 is 18.9 Å². The number of methoxy groups -OCH3 is 2. The van der Waals surface area contributed by atoms with Crippen LogP contribution in [0, 0.1) is 0 Å². The molecule has 0 aliphatic rings. The molecule has 42 heavy (non-hydrogen) atoms. The molecule has 0 spiro atoms. The molecule has 0 atom stereocenters. The summed E-state index contributed by atoms with van der Waals surface area (Å²) in [5, 5.41) is 9.43. The van der Waals surface area contributed by atoms with Gasteiger partial charge in [-0.2, -0.15) is 0 Å². The maximum atomic E-state index is 12.7. The summed E-state index contributed by atoms with van der Waals surface area (Å²) < 4.78 is 24.9. The highest BCUT2D eigenvalue weighted by atomic mass is 79.9. The summed E-state index contributed by atoms with van der Waals surface area (Å²) in [5.74, 6) is 2.79. The van der Waals surface area contributed by atoms with Gasteiger partial charge in [0.15, 0.2) is 23.0 Å². The summed E-state index contributed by atoms with van der Waals surface area (Å²) in [6, 6.07) is 16.3. The van der Waals surface area contributed by atoms with Crippen molar-refractivity contribution in [2.75, 3.05) is 27.4 Å². The molecule has 0 radical (unpaired) electrons. The van der Waals surface area contributed by atoms with E-state index >= 15 is 0 Å². The van der Waals surface area contributed by atoms with E-state index in [0.29, 0.717) is 69.9 Å². The van der Waals surface area contributed by atoms with E-state index in [1.807, 2.05) is 56.3 Å². The smallest absolute Gasteiger partial charge is 0.258 e. The minimum Gasteiger partial charge on any atom is -0.493 e. The zero-order chi connectivity index (χ0) is 29.6. The number of nitrogens with zero attached hydrogens (tertiary/aromatic N) is 5. The fourth-order valence-electron chi connectivity index (χ4n) is 4.29. The van der Waals surface area contributed by atoms with Crippen molar-refractivity contribution in [3.8, 4) is 45.5 Å². The Bertz CT molecular complexity index is 1800. The summed E-state index contributed by atoms with van der Waals surface area (Å²) in [6.45, 7) is 4.85. The van der Waals surface area contributed by atoms with Crippen molar-refractivity contribution in [2.45, 2.75) is 24.8 Å². The van der Waals surface area contributed by atoms with E-state index in [2.05, 4.69) is 31.1 Å². The highest BCUT2D eigenvalue weighted by molar-refractivity contribution is 9.10. The molecule has 0 fully saturated rings. The average Bonchev–Trinajstić information content (AvgIpc) is 3.01. The highest BCUT2D eigenvalue weighted by Crippen LogP contribution is 2.38. The first-order chi connectivity index (χ1) is 20.4. The second kappa shape index (κ2) is 13.2. The van der Waals surface area contributed by atoms with Gasteiger partial charge in [0.05, 0.1) is 33.1 Å². The molecule has 0 N–H and O–H groups in total. The van der Waals surface area contributed by atoms with Gasteiger partial charge in [-0.3, -0.25) is 9.20 Å². The Hall–Kier alpha value is -4.16. The normalized spacial score (nSPS) is 11.0. The van der Waals surface area contributed by atoms with Crippen molar-refractivity contribution in [3.63, 3.8) is 0 Å². The number of pyridine rings is 1. The standard InChI is InChI=1S/C30H28BrN5O5S/c1-5-40-22-10-7-18(13-24(22)38-3)28-29(19-8-11-23(41-6-2)25(14-19)39-4)34-35-30(33-28)42-17-21-15-27(37)36-16-20(31)9-12-26(36)32-21/h7-16H,5-6,17H2,1-4H3. The summed E-state index contributed by atoms with van der Waals surface area (Å²) in [7, 11) is 3.19. The number of rotatable bonds is 11. The first-order valence-corrected chi connectivity index (χ1v) is 14.9. The van der Waals surface area contributed by atoms with Crippen LogP contribution < -0.4 is 24.5 Å². The number of hydrogen-bond acceptors (Lipinski definition) is 10. The lowest BCUT2D eigenvalue weighted by atomic mass is 10.0. The summed E-state index contributed by atoms with van der Waals surface area (Å²) in [5.41, 5.74) is 3.67. The SMILES string of the molecule is CCOc1ccc(-c2nnc(SCc3cc(=O)n4cc(Br)ccc4n3)nc2-c2ccc(OCC)c(OC)c2)cc1OC. The molecule has 0 aliphatic carbocycles. The number of thioether (sulfide) groups is 1. The number of hydrogen-bond donors (Lipinski definition) is 0. The van der Waals surface area contributed by atoms with Gasteiger partial charge in [-0.25, -0.2) is 9.97 Å². The van der Waals surface area contributed by atoms with Gasteiger partial charge in [0.1, 0.15) is 17.0 Å². The minimum absolute atomic E-state index is 0.169. The Kier molecular flexibility index (Phi) is 9.23. The molecule has 0 saturated carbocycles. The summed E-state index contributed by atoms with van der Waals surface area (Å²) in [6.07, 6.45) is 1.70. The third-order valence-electron chi connectivity index (χ3n) is 6.17. The van der Waals surface area contributed by atoms with Crippen LogP contribution >= 0.6 is 27.7 Å². The monoisotopic (exact) mass is 649 g/mol. The van der Waals surface area contributed by atoms with Crippen LogP contribution in [0.4, 0.5) is 0 Å². The average molecular weight is 651 g/mol. The van der Waals surface area contributed by atoms with Crippen LogP contribution in [0.3, 0.4) is 0 Å². The van der Waals surface area contributed by atoms with Crippen molar-refractivity contribution in [1.82, 2.24) is 24.6 Å². The Balaban J connectivity index is 1.54. The molecule has 3 aromatic heterocycles. The molecular weight excluding hydrogens is 622 g/mol. The number of aromatic nitrogens is 5. The van der Waals surface area contributed by atoms with E-state index < -0.39 is 0 Å². The molecule has 5 rings (SSSR count). The van der Waals surface area contributed by atoms with Gasteiger partial charge in [0.2, 0.25) is 5.16 Å². The van der Waals surface area contributed by atoms with E-state index in [-0.39, 0.29) is 5.56 Å². The minimum atomic E-state index is -0.169. The lowest BCUT2D eigenvalue weighted by Crippen LogP contribution is -2.15. The molecule has 10 nitrogen and oxygen atoms in total. The van der Waals surface area contributed by atoms with E-state index in [4.69, 9.17) is 23.9 Å². The topological polar surface area (TPSA) is 110 Å². The molecule has 12 heteroatoms. The van der Waals surface area contributed by atoms with Crippen LogP contribution in [0.1, 0.15) is 19.5 Å². The van der Waals surface area contributed by atoms with E-state index in [9.17, 15) is 4.79 Å². The van der Waals surface area contributed by atoms with Gasteiger partial charge in [-0.15, -0.1) is 10.2 Å². The second-order valence-electron chi connectivity index (χ2n) is 8.84. The largest absolute Gasteiger partial charge is 0.493 e. The van der Waals surface area contributed by atoms with Crippen LogP contribution in [0.15, 0.2) is 75.2 Å². The first kappa shape index (κ1) is 29.3. The first-order valence-electron chi connectivity index (χ1n) is 13.1. The Morgan fingerprint density at radius 1 is 0.786 bits per heavy atom. The molecule has 216 valence electrons. The van der Waals surface area contributed by atoms with Gasteiger partial charge in [0.25, 0.3) is 5.56 Å². The van der Waals surface area contributed by atoms with Crippen LogP contribution in [0.25, 0.3) is 28.2 Å². The maximum Gasteiger partial charge on any atom is 0.258 e.